The fourth-order valence-electron chi connectivity index (χ4n) is 3.19. The van der Waals surface area contributed by atoms with Gasteiger partial charge in [0.2, 0.25) is 0 Å². The van der Waals surface area contributed by atoms with Crippen LogP contribution in [-0.4, -0.2) is 18.3 Å². The topological polar surface area (TPSA) is 29.5 Å². The molecule has 1 aromatic rings. The van der Waals surface area contributed by atoms with Crippen LogP contribution in [-0.2, 0) is 4.74 Å². The van der Waals surface area contributed by atoms with Gasteiger partial charge in [0.1, 0.15) is 11.9 Å². The molecule has 1 aromatic carbocycles. The molecule has 106 valence electrons. The minimum atomic E-state index is -0.673. The number of halogens is 1. The standard InChI is InChI=1S/C16H23FO2/c1-11-10-13(17)8-9-14(11)15(18)16(19-2)12-6-4-3-5-7-12/h8-10,12,15-16,18H,3-7H2,1-2H3. The summed E-state index contributed by atoms with van der Waals surface area (Å²) < 4.78 is 18.7. The lowest BCUT2D eigenvalue weighted by atomic mass is 9.81. The number of ether oxygens (including phenoxy) is 1. The largest absolute Gasteiger partial charge is 0.386 e. The number of benzene rings is 1. The van der Waals surface area contributed by atoms with Crippen molar-refractivity contribution in [2.24, 2.45) is 5.92 Å². The second-order valence-electron chi connectivity index (χ2n) is 5.54. The molecule has 1 saturated carbocycles. The van der Waals surface area contributed by atoms with Crippen molar-refractivity contribution in [1.29, 1.82) is 0 Å². The SMILES string of the molecule is COC(C1CCCCC1)C(O)c1ccc(F)cc1C. The Labute approximate surface area is 114 Å². The number of hydrogen-bond acceptors (Lipinski definition) is 2. The second-order valence-corrected chi connectivity index (χ2v) is 5.54. The molecule has 0 aromatic heterocycles. The van der Waals surface area contributed by atoms with E-state index in [9.17, 15) is 9.50 Å². The lowest BCUT2D eigenvalue weighted by Crippen LogP contribution is -2.31. The Kier molecular flexibility index (Phi) is 4.94. The van der Waals surface area contributed by atoms with E-state index in [4.69, 9.17) is 4.74 Å². The zero-order valence-corrected chi connectivity index (χ0v) is 11.7. The average molecular weight is 266 g/mol. The first kappa shape index (κ1) is 14.5. The fourth-order valence-corrected chi connectivity index (χ4v) is 3.19. The third kappa shape index (κ3) is 3.34. The van der Waals surface area contributed by atoms with Crippen LogP contribution >= 0.6 is 0 Å². The van der Waals surface area contributed by atoms with Crippen LogP contribution in [0.2, 0.25) is 0 Å². The molecule has 0 saturated heterocycles. The summed E-state index contributed by atoms with van der Waals surface area (Å²) >= 11 is 0. The molecular formula is C16H23FO2. The highest BCUT2D eigenvalue weighted by Gasteiger charge is 2.31. The third-order valence-corrected chi connectivity index (χ3v) is 4.25. The maximum Gasteiger partial charge on any atom is 0.123 e. The molecule has 3 heteroatoms. The molecule has 0 spiro atoms. The lowest BCUT2D eigenvalue weighted by Gasteiger charge is -2.33. The molecule has 0 radical (unpaired) electrons. The van der Waals surface area contributed by atoms with Crippen LogP contribution in [0, 0.1) is 18.7 Å². The maximum atomic E-state index is 13.1. The number of aliphatic hydroxyl groups is 1. The normalized spacial score (nSPS) is 20.2. The van der Waals surface area contributed by atoms with Gasteiger partial charge in [-0.05, 0) is 48.9 Å². The van der Waals surface area contributed by atoms with Crippen LogP contribution in [0.3, 0.4) is 0 Å². The average Bonchev–Trinajstić information content (AvgIpc) is 2.40. The van der Waals surface area contributed by atoms with E-state index in [1.165, 1.54) is 31.4 Å². The third-order valence-electron chi connectivity index (χ3n) is 4.25. The fraction of sp³-hybridized carbons (Fsp3) is 0.625. The minimum Gasteiger partial charge on any atom is -0.386 e. The van der Waals surface area contributed by atoms with Gasteiger partial charge in [-0.2, -0.15) is 0 Å². The number of aliphatic hydroxyl groups excluding tert-OH is 1. The summed E-state index contributed by atoms with van der Waals surface area (Å²) in [5, 5.41) is 10.6. The predicted molar refractivity (Wildman–Crippen MR) is 73.5 cm³/mol. The van der Waals surface area contributed by atoms with Gasteiger partial charge >= 0.3 is 0 Å². The molecule has 2 rings (SSSR count). The van der Waals surface area contributed by atoms with Crippen molar-refractivity contribution in [1.82, 2.24) is 0 Å². The molecule has 0 heterocycles. The van der Waals surface area contributed by atoms with Gasteiger partial charge in [-0.25, -0.2) is 4.39 Å². The van der Waals surface area contributed by atoms with Gasteiger partial charge in [-0.3, -0.25) is 0 Å². The van der Waals surface area contributed by atoms with Gasteiger partial charge in [0.15, 0.2) is 0 Å². The maximum absolute atomic E-state index is 13.1. The number of methoxy groups -OCH3 is 1. The van der Waals surface area contributed by atoms with E-state index >= 15 is 0 Å². The van der Waals surface area contributed by atoms with E-state index in [2.05, 4.69) is 0 Å². The molecule has 0 aliphatic heterocycles. The Morgan fingerprint density at radius 3 is 2.53 bits per heavy atom. The monoisotopic (exact) mass is 266 g/mol. The van der Waals surface area contributed by atoms with Gasteiger partial charge in [0, 0.05) is 7.11 Å². The molecule has 1 fully saturated rings. The highest BCUT2D eigenvalue weighted by atomic mass is 19.1. The predicted octanol–water partition coefficient (Wildman–Crippen LogP) is 3.76. The van der Waals surface area contributed by atoms with Crippen molar-refractivity contribution in [2.75, 3.05) is 7.11 Å². The van der Waals surface area contributed by atoms with Crippen LogP contribution in [0.5, 0.6) is 0 Å². The van der Waals surface area contributed by atoms with Crippen molar-refractivity contribution >= 4 is 0 Å². The molecule has 2 atom stereocenters. The van der Waals surface area contributed by atoms with Crippen molar-refractivity contribution in [3.8, 4) is 0 Å². The van der Waals surface area contributed by atoms with Crippen molar-refractivity contribution in [3.05, 3.63) is 35.1 Å². The summed E-state index contributed by atoms with van der Waals surface area (Å²) in [4.78, 5) is 0. The quantitative estimate of drug-likeness (QED) is 0.899. The Morgan fingerprint density at radius 2 is 1.95 bits per heavy atom. The molecule has 19 heavy (non-hydrogen) atoms. The van der Waals surface area contributed by atoms with Crippen LogP contribution in [0.25, 0.3) is 0 Å². The first-order valence-corrected chi connectivity index (χ1v) is 7.10. The molecule has 0 amide bonds. The summed E-state index contributed by atoms with van der Waals surface area (Å²) in [6.45, 7) is 1.83. The van der Waals surface area contributed by atoms with Crippen molar-refractivity contribution in [3.63, 3.8) is 0 Å². The lowest BCUT2D eigenvalue weighted by molar-refractivity contribution is -0.0561. The Bertz CT molecular complexity index is 413. The van der Waals surface area contributed by atoms with Crippen LogP contribution in [0.15, 0.2) is 18.2 Å². The van der Waals surface area contributed by atoms with Gasteiger partial charge < -0.3 is 9.84 Å². The summed E-state index contributed by atoms with van der Waals surface area (Å²) in [7, 11) is 1.65. The molecular weight excluding hydrogens is 243 g/mol. The van der Waals surface area contributed by atoms with Crippen molar-refractivity contribution < 1.29 is 14.2 Å². The molecule has 1 aliphatic carbocycles. The van der Waals surface area contributed by atoms with Gasteiger partial charge in [0.25, 0.3) is 0 Å². The summed E-state index contributed by atoms with van der Waals surface area (Å²) in [6, 6.07) is 4.54. The number of rotatable bonds is 4. The summed E-state index contributed by atoms with van der Waals surface area (Å²) in [5.74, 6) is 0.137. The summed E-state index contributed by atoms with van der Waals surface area (Å²) in [6.07, 6.45) is 5.04. The number of hydrogen-bond donors (Lipinski definition) is 1. The molecule has 1 aliphatic rings. The Hall–Kier alpha value is -0.930. The zero-order chi connectivity index (χ0) is 13.8. The van der Waals surface area contributed by atoms with E-state index in [-0.39, 0.29) is 11.9 Å². The molecule has 0 bridgehead atoms. The molecule has 1 N–H and O–H groups in total. The van der Waals surface area contributed by atoms with E-state index in [1.54, 1.807) is 13.2 Å². The highest BCUT2D eigenvalue weighted by molar-refractivity contribution is 5.29. The number of aryl methyl sites for hydroxylation is 1. The van der Waals surface area contributed by atoms with Gasteiger partial charge in [-0.1, -0.05) is 25.3 Å². The first-order chi connectivity index (χ1) is 9.13. The zero-order valence-electron chi connectivity index (χ0n) is 11.7. The van der Waals surface area contributed by atoms with Gasteiger partial charge in [0.05, 0.1) is 6.10 Å². The highest BCUT2D eigenvalue weighted by Crippen LogP contribution is 2.34. The van der Waals surface area contributed by atoms with E-state index in [1.807, 2.05) is 6.92 Å². The van der Waals surface area contributed by atoms with Gasteiger partial charge in [-0.15, -0.1) is 0 Å². The van der Waals surface area contributed by atoms with Crippen LogP contribution < -0.4 is 0 Å². The first-order valence-electron chi connectivity index (χ1n) is 7.10. The molecule has 2 nitrogen and oxygen atoms in total. The molecule has 2 unspecified atom stereocenters. The minimum absolute atomic E-state index is 0.190. The Morgan fingerprint density at radius 1 is 1.26 bits per heavy atom. The Balaban J connectivity index is 2.17. The van der Waals surface area contributed by atoms with E-state index < -0.39 is 6.10 Å². The van der Waals surface area contributed by atoms with Crippen LogP contribution in [0.1, 0.15) is 49.3 Å². The van der Waals surface area contributed by atoms with E-state index in [0.717, 1.165) is 24.0 Å². The van der Waals surface area contributed by atoms with Crippen molar-refractivity contribution in [2.45, 2.75) is 51.2 Å². The second kappa shape index (κ2) is 6.49. The van der Waals surface area contributed by atoms with E-state index in [0.29, 0.717) is 5.92 Å². The van der Waals surface area contributed by atoms with Crippen LogP contribution in [0.4, 0.5) is 4.39 Å². The summed E-state index contributed by atoms with van der Waals surface area (Å²) in [5.41, 5.74) is 1.56. The smallest absolute Gasteiger partial charge is 0.123 e.